The van der Waals surface area contributed by atoms with Gasteiger partial charge in [0.15, 0.2) is 0 Å². The third-order valence-electron chi connectivity index (χ3n) is 3.22. The average molecular weight is 304 g/mol. The number of carbonyl (C=O) groups excluding carboxylic acids is 1. The molecule has 0 heterocycles. The first-order chi connectivity index (χ1) is 10.2. The van der Waals surface area contributed by atoms with Crippen LogP contribution in [0.5, 0.6) is 5.75 Å². The molecule has 0 fully saturated rings. The van der Waals surface area contributed by atoms with E-state index in [1.165, 1.54) is 17.7 Å². The van der Waals surface area contributed by atoms with Crippen molar-refractivity contribution in [3.05, 3.63) is 64.7 Å². The molecule has 0 aliphatic carbocycles. The summed E-state index contributed by atoms with van der Waals surface area (Å²) in [6.45, 7) is 0.581. The molecule has 2 rings (SSSR count). The van der Waals surface area contributed by atoms with Crippen LogP contribution in [0.3, 0.4) is 0 Å². The number of aromatic hydroxyl groups is 1. The maximum absolute atomic E-state index is 11.9. The highest BCUT2D eigenvalue weighted by Gasteiger charge is 2.10. The van der Waals surface area contributed by atoms with Gasteiger partial charge in [0, 0.05) is 11.6 Å². The zero-order valence-electron chi connectivity index (χ0n) is 11.7. The highest BCUT2D eigenvalue weighted by molar-refractivity contribution is 6.31. The first-order valence-corrected chi connectivity index (χ1v) is 7.35. The van der Waals surface area contributed by atoms with Crippen molar-refractivity contribution < 1.29 is 9.90 Å². The molecule has 110 valence electrons. The molecule has 0 spiro atoms. The maximum atomic E-state index is 11.9. The molecule has 0 unspecified atom stereocenters. The van der Waals surface area contributed by atoms with Crippen LogP contribution in [0.25, 0.3) is 0 Å². The van der Waals surface area contributed by atoms with E-state index in [2.05, 4.69) is 17.4 Å². The maximum Gasteiger partial charge on any atom is 0.255 e. The molecule has 0 saturated carbocycles. The highest BCUT2D eigenvalue weighted by atomic mass is 35.5. The van der Waals surface area contributed by atoms with Crippen LogP contribution in [0.15, 0.2) is 48.5 Å². The number of rotatable bonds is 6. The molecule has 0 aliphatic rings. The predicted molar refractivity (Wildman–Crippen MR) is 84.8 cm³/mol. The van der Waals surface area contributed by atoms with Crippen molar-refractivity contribution in [2.24, 2.45) is 0 Å². The van der Waals surface area contributed by atoms with Gasteiger partial charge in [0.2, 0.25) is 0 Å². The smallest absolute Gasteiger partial charge is 0.255 e. The van der Waals surface area contributed by atoms with E-state index in [-0.39, 0.29) is 17.2 Å². The second kappa shape index (κ2) is 7.70. The van der Waals surface area contributed by atoms with Crippen molar-refractivity contribution in [3.63, 3.8) is 0 Å². The number of nitrogens with one attached hydrogen (secondary N) is 1. The normalized spacial score (nSPS) is 10.3. The minimum atomic E-state index is -0.297. The van der Waals surface area contributed by atoms with E-state index in [1.54, 1.807) is 6.07 Å². The summed E-state index contributed by atoms with van der Waals surface area (Å²) < 4.78 is 0. The fourth-order valence-corrected chi connectivity index (χ4v) is 2.26. The van der Waals surface area contributed by atoms with Crippen LogP contribution in [0.2, 0.25) is 5.02 Å². The van der Waals surface area contributed by atoms with Gasteiger partial charge in [-0.05, 0) is 43.0 Å². The number of benzene rings is 2. The van der Waals surface area contributed by atoms with Crippen LogP contribution >= 0.6 is 11.6 Å². The summed E-state index contributed by atoms with van der Waals surface area (Å²) in [5.74, 6) is -0.351. The number of halogens is 1. The fraction of sp³-hybridized carbons (Fsp3) is 0.235. The first-order valence-electron chi connectivity index (χ1n) is 6.97. The molecule has 2 aromatic carbocycles. The Bertz CT molecular complexity index is 599. The van der Waals surface area contributed by atoms with Crippen molar-refractivity contribution in [1.29, 1.82) is 0 Å². The Labute approximate surface area is 129 Å². The van der Waals surface area contributed by atoms with Crippen molar-refractivity contribution in [3.8, 4) is 5.75 Å². The number of carbonyl (C=O) groups is 1. The Hall–Kier alpha value is -2.00. The van der Waals surface area contributed by atoms with Gasteiger partial charge >= 0.3 is 0 Å². The van der Waals surface area contributed by atoms with E-state index in [0.29, 0.717) is 11.6 Å². The molecule has 2 N–H and O–H groups in total. The lowest BCUT2D eigenvalue weighted by Crippen LogP contribution is -2.24. The molecule has 0 radical (unpaired) electrons. The molecule has 21 heavy (non-hydrogen) atoms. The van der Waals surface area contributed by atoms with Crippen molar-refractivity contribution >= 4 is 17.5 Å². The lowest BCUT2D eigenvalue weighted by atomic mass is 10.1. The summed E-state index contributed by atoms with van der Waals surface area (Å²) in [5.41, 5.74) is 1.52. The van der Waals surface area contributed by atoms with Gasteiger partial charge in [-0.2, -0.15) is 0 Å². The Morgan fingerprint density at radius 1 is 1.10 bits per heavy atom. The lowest BCUT2D eigenvalue weighted by Gasteiger charge is -2.07. The summed E-state index contributed by atoms with van der Waals surface area (Å²) in [6.07, 6.45) is 2.90. The predicted octanol–water partition coefficient (Wildman–Crippen LogP) is 3.80. The van der Waals surface area contributed by atoms with E-state index in [9.17, 15) is 9.90 Å². The zero-order valence-corrected chi connectivity index (χ0v) is 12.4. The average Bonchev–Trinajstić information content (AvgIpc) is 2.50. The number of amides is 1. The van der Waals surface area contributed by atoms with Crippen molar-refractivity contribution in [1.82, 2.24) is 5.32 Å². The number of aryl methyl sites for hydroxylation is 1. The van der Waals surface area contributed by atoms with E-state index < -0.39 is 0 Å². The molecule has 0 aromatic heterocycles. The summed E-state index contributed by atoms with van der Waals surface area (Å²) in [7, 11) is 0. The number of unbranched alkanes of at least 4 members (excludes halogenated alkanes) is 1. The SMILES string of the molecule is O=C(NCCCCc1ccccc1)c1cc(Cl)ccc1O. The standard InChI is InChI=1S/C17H18ClNO2/c18-14-9-10-16(20)15(12-14)17(21)19-11-5-4-8-13-6-2-1-3-7-13/h1-3,6-7,9-10,12,20H,4-5,8,11H2,(H,19,21). The van der Waals surface area contributed by atoms with E-state index in [1.807, 2.05) is 18.2 Å². The van der Waals surface area contributed by atoms with Gasteiger partial charge < -0.3 is 10.4 Å². The Morgan fingerprint density at radius 2 is 1.86 bits per heavy atom. The van der Waals surface area contributed by atoms with E-state index >= 15 is 0 Å². The fourth-order valence-electron chi connectivity index (χ4n) is 2.09. The molecule has 2 aromatic rings. The van der Waals surface area contributed by atoms with Crippen LogP contribution in [0.4, 0.5) is 0 Å². The molecule has 0 atom stereocenters. The second-order valence-electron chi connectivity index (χ2n) is 4.86. The van der Waals surface area contributed by atoms with Crippen molar-refractivity contribution in [2.75, 3.05) is 6.54 Å². The van der Waals surface area contributed by atoms with Crippen LogP contribution in [0, 0.1) is 0 Å². The zero-order chi connectivity index (χ0) is 15.1. The molecule has 0 bridgehead atoms. The molecular formula is C17H18ClNO2. The molecular weight excluding hydrogens is 286 g/mol. The van der Waals surface area contributed by atoms with Gasteiger partial charge in [0.25, 0.3) is 5.91 Å². The monoisotopic (exact) mass is 303 g/mol. The largest absolute Gasteiger partial charge is 0.507 e. The number of hydrogen-bond donors (Lipinski definition) is 2. The third kappa shape index (κ3) is 4.80. The summed E-state index contributed by atoms with van der Waals surface area (Å²) in [4.78, 5) is 11.9. The topological polar surface area (TPSA) is 49.3 Å². The van der Waals surface area contributed by atoms with Gasteiger partial charge in [-0.3, -0.25) is 4.79 Å². The minimum absolute atomic E-state index is 0.0545. The molecule has 4 heteroatoms. The van der Waals surface area contributed by atoms with Gasteiger partial charge in [-0.15, -0.1) is 0 Å². The molecule has 1 amide bonds. The number of phenols is 1. The van der Waals surface area contributed by atoms with Crippen LogP contribution < -0.4 is 5.32 Å². The Kier molecular flexibility index (Phi) is 5.64. The molecule has 0 aliphatic heterocycles. The quantitative estimate of drug-likeness (QED) is 0.798. The molecule has 0 saturated heterocycles. The summed E-state index contributed by atoms with van der Waals surface area (Å²) in [6, 6.07) is 14.7. The van der Waals surface area contributed by atoms with Gasteiger partial charge in [0.1, 0.15) is 5.75 Å². The van der Waals surface area contributed by atoms with Gasteiger partial charge in [-0.1, -0.05) is 41.9 Å². The van der Waals surface area contributed by atoms with Crippen LogP contribution in [0.1, 0.15) is 28.8 Å². The molecule has 3 nitrogen and oxygen atoms in total. The Balaban J connectivity index is 1.73. The van der Waals surface area contributed by atoms with Crippen LogP contribution in [-0.2, 0) is 6.42 Å². The number of hydrogen-bond acceptors (Lipinski definition) is 2. The summed E-state index contributed by atoms with van der Waals surface area (Å²) >= 11 is 5.82. The van der Waals surface area contributed by atoms with Crippen LogP contribution in [-0.4, -0.2) is 17.6 Å². The first kappa shape index (κ1) is 15.4. The third-order valence-corrected chi connectivity index (χ3v) is 3.46. The summed E-state index contributed by atoms with van der Waals surface area (Å²) in [5, 5.41) is 12.9. The Morgan fingerprint density at radius 3 is 2.62 bits per heavy atom. The number of phenolic OH excluding ortho intramolecular Hbond substituents is 1. The van der Waals surface area contributed by atoms with Crippen molar-refractivity contribution in [2.45, 2.75) is 19.3 Å². The highest BCUT2D eigenvalue weighted by Crippen LogP contribution is 2.21. The van der Waals surface area contributed by atoms with Gasteiger partial charge in [0.05, 0.1) is 5.56 Å². The lowest BCUT2D eigenvalue weighted by molar-refractivity contribution is 0.0950. The minimum Gasteiger partial charge on any atom is -0.507 e. The van der Waals surface area contributed by atoms with E-state index in [0.717, 1.165) is 19.3 Å². The van der Waals surface area contributed by atoms with E-state index in [4.69, 9.17) is 11.6 Å². The second-order valence-corrected chi connectivity index (χ2v) is 5.30. The van der Waals surface area contributed by atoms with Gasteiger partial charge in [-0.25, -0.2) is 0 Å².